The van der Waals surface area contributed by atoms with Crippen LogP contribution in [-0.4, -0.2) is 16.5 Å². The van der Waals surface area contributed by atoms with Crippen molar-refractivity contribution in [2.24, 2.45) is 0 Å². The van der Waals surface area contributed by atoms with E-state index in [1.54, 1.807) is 6.33 Å². The van der Waals surface area contributed by atoms with Gasteiger partial charge >= 0.3 is 0 Å². The number of rotatable bonds is 5. The molecule has 0 saturated carbocycles. The summed E-state index contributed by atoms with van der Waals surface area (Å²) in [6.07, 6.45) is 4.50. The van der Waals surface area contributed by atoms with Crippen LogP contribution in [0.5, 0.6) is 0 Å². The van der Waals surface area contributed by atoms with Crippen LogP contribution in [0.25, 0.3) is 0 Å². The van der Waals surface area contributed by atoms with Gasteiger partial charge in [-0.1, -0.05) is 0 Å². The highest BCUT2D eigenvalue weighted by Gasteiger charge is 2.08. The minimum Gasteiger partial charge on any atom is -0.465 e. The number of hydrogen-bond donors (Lipinski definition) is 2. The molecule has 0 amide bonds. The van der Waals surface area contributed by atoms with Crippen molar-refractivity contribution in [1.29, 1.82) is 0 Å². The Morgan fingerprint density at radius 3 is 3.00 bits per heavy atom. The molecule has 2 aromatic heterocycles. The first-order chi connectivity index (χ1) is 7.75. The number of nitrogens with zero attached hydrogens (tertiary/aromatic N) is 1. The van der Waals surface area contributed by atoms with E-state index in [0.717, 1.165) is 30.2 Å². The second-order valence-corrected chi connectivity index (χ2v) is 3.95. The largest absolute Gasteiger partial charge is 0.465 e. The monoisotopic (exact) mass is 219 g/mol. The van der Waals surface area contributed by atoms with Gasteiger partial charge in [-0.25, -0.2) is 4.98 Å². The Balaban J connectivity index is 1.78. The molecule has 0 aliphatic rings. The molecular weight excluding hydrogens is 202 g/mol. The van der Waals surface area contributed by atoms with Gasteiger partial charge in [-0.05, 0) is 26.0 Å². The molecule has 2 rings (SSSR count). The van der Waals surface area contributed by atoms with Gasteiger partial charge in [0, 0.05) is 24.9 Å². The van der Waals surface area contributed by atoms with Crippen LogP contribution in [-0.2, 0) is 6.42 Å². The molecule has 1 atom stereocenters. The summed E-state index contributed by atoms with van der Waals surface area (Å²) in [7, 11) is 0. The van der Waals surface area contributed by atoms with E-state index in [4.69, 9.17) is 4.42 Å². The molecule has 0 aliphatic carbocycles. The Bertz CT molecular complexity index is 419. The number of aromatic nitrogens is 2. The van der Waals surface area contributed by atoms with Crippen molar-refractivity contribution >= 4 is 0 Å². The van der Waals surface area contributed by atoms with Crippen molar-refractivity contribution in [3.8, 4) is 0 Å². The van der Waals surface area contributed by atoms with E-state index in [1.165, 1.54) is 0 Å². The number of imidazole rings is 1. The number of aromatic amines is 1. The van der Waals surface area contributed by atoms with Crippen LogP contribution in [0.15, 0.2) is 29.1 Å². The maximum Gasteiger partial charge on any atom is 0.120 e. The van der Waals surface area contributed by atoms with Crippen LogP contribution in [0.4, 0.5) is 0 Å². The molecular formula is C12H17N3O. The molecule has 0 radical (unpaired) electrons. The van der Waals surface area contributed by atoms with Gasteiger partial charge in [0.2, 0.25) is 0 Å². The molecule has 0 spiro atoms. The standard InChI is InChI=1S/C12H17N3O/c1-9-3-4-12(16-9)10(2)14-6-5-11-7-13-8-15-11/h3-4,7-8,10,14H,5-6H2,1-2H3,(H,13,15). The van der Waals surface area contributed by atoms with Gasteiger partial charge in [-0.2, -0.15) is 0 Å². The molecule has 0 bridgehead atoms. The van der Waals surface area contributed by atoms with Gasteiger partial charge in [0.1, 0.15) is 11.5 Å². The first kappa shape index (κ1) is 11.0. The predicted molar refractivity (Wildman–Crippen MR) is 62.2 cm³/mol. The molecule has 86 valence electrons. The van der Waals surface area contributed by atoms with Crippen molar-refractivity contribution < 1.29 is 4.42 Å². The molecule has 16 heavy (non-hydrogen) atoms. The Morgan fingerprint density at radius 1 is 1.50 bits per heavy atom. The normalized spacial score (nSPS) is 12.9. The van der Waals surface area contributed by atoms with Crippen LogP contribution in [0, 0.1) is 6.92 Å². The molecule has 1 unspecified atom stereocenters. The van der Waals surface area contributed by atoms with Crippen LogP contribution in [0.2, 0.25) is 0 Å². The lowest BCUT2D eigenvalue weighted by atomic mass is 10.2. The van der Waals surface area contributed by atoms with Gasteiger partial charge in [-0.15, -0.1) is 0 Å². The number of furan rings is 1. The summed E-state index contributed by atoms with van der Waals surface area (Å²) in [5.74, 6) is 1.94. The van der Waals surface area contributed by atoms with Crippen molar-refractivity contribution in [3.05, 3.63) is 41.9 Å². The van der Waals surface area contributed by atoms with Crippen LogP contribution >= 0.6 is 0 Å². The summed E-state index contributed by atoms with van der Waals surface area (Å²) in [5.41, 5.74) is 1.15. The van der Waals surface area contributed by atoms with E-state index < -0.39 is 0 Å². The minimum absolute atomic E-state index is 0.247. The zero-order valence-corrected chi connectivity index (χ0v) is 9.66. The van der Waals surface area contributed by atoms with Crippen LogP contribution < -0.4 is 5.32 Å². The summed E-state index contributed by atoms with van der Waals surface area (Å²) in [6.45, 7) is 4.97. The van der Waals surface area contributed by atoms with Gasteiger partial charge in [0.25, 0.3) is 0 Å². The summed E-state index contributed by atoms with van der Waals surface area (Å²) in [6, 6.07) is 4.25. The van der Waals surface area contributed by atoms with E-state index >= 15 is 0 Å². The Kier molecular flexibility index (Phi) is 3.41. The van der Waals surface area contributed by atoms with Crippen LogP contribution in [0.1, 0.15) is 30.2 Å². The lowest BCUT2D eigenvalue weighted by Gasteiger charge is -2.10. The third-order valence-corrected chi connectivity index (χ3v) is 2.59. The topological polar surface area (TPSA) is 53.9 Å². The van der Waals surface area contributed by atoms with E-state index in [9.17, 15) is 0 Å². The third kappa shape index (κ3) is 2.73. The second-order valence-electron chi connectivity index (χ2n) is 3.95. The number of H-pyrrole nitrogens is 1. The number of aryl methyl sites for hydroxylation is 1. The molecule has 4 nitrogen and oxygen atoms in total. The fraction of sp³-hybridized carbons (Fsp3) is 0.417. The zero-order chi connectivity index (χ0) is 11.4. The van der Waals surface area contributed by atoms with E-state index in [-0.39, 0.29) is 6.04 Å². The Morgan fingerprint density at radius 2 is 2.38 bits per heavy atom. The molecule has 2 heterocycles. The van der Waals surface area contributed by atoms with Crippen molar-refractivity contribution in [2.45, 2.75) is 26.3 Å². The summed E-state index contributed by atoms with van der Waals surface area (Å²) in [5, 5.41) is 3.41. The SMILES string of the molecule is Cc1ccc(C(C)NCCc2cnc[nH]2)o1. The van der Waals surface area contributed by atoms with E-state index in [2.05, 4.69) is 22.2 Å². The van der Waals surface area contributed by atoms with Crippen molar-refractivity contribution in [1.82, 2.24) is 15.3 Å². The van der Waals surface area contributed by atoms with Crippen molar-refractivity contribution in [2.75, 3.05) is 6.54 Å². The second kappa shape index (κ2) is 4.99. The fourth-order valence-electron chi connectivity index (χ4n) is 1.63. The maximum atomic E-state index is 5.55. The van der Waals surface area contributed by atoms with Gasteiger partial charge in [0.05, 0.1) is 12.4 Å². The number of nitrogens with one attached hydrogen (secondary N) is 2. The highest BCUT2D eigenvalue weighted by atomic mass is 16.3. The molecule has 0 aliphatic heterocycles. The first-order valence-corrected chi connectivity index (χ1v) is 5.52. The molecule has 0 fully saturated rings. The van der Waals surface area contributed by atoms with E-state index in [0.29, 0.717) is 0 Å². The van der Waals surface area contributed by atoms with E-state index in [1.807, 2.05) is 25.3 Å². The number of hydrogen-bond acceptors (Lipinski definition) is 3. The van der Waals surface area contributed by atoms with Gasteiger partial charge in [0.15, 0.2) is 0 Å². The molecule has 0 aromatic carbocycles. The lowest BCUT2D eigenvalue weighted by molar-refractivity contribution is 0.417. The predicted octanol–water partition coefficient (Wildman–Crippen LogP) is 2.20. The summed E-state index contributed by atoms with van der Waals surface area (Å²) >= 11 is 0. The summed E-state index contributed by atoms with van der Waals surface area (Å²) < 4.78 is 5.55. The van der Waals surface area contributed by atoms with Gasteiger partial charge in [-0.3, -0.25) is 0 Å². The van der Waals surface area contributed by atoms with Gasteiger partial charge < -0.3 is 14.7 Å². The Hall–Kier alpha value is -1.55. The van der Waals surface area contributed by atoms with Crippen molar-refractivity contribution in [3.63, 3.8) is 0 Å². The Labute approximate surface area is 95.1 Å². The average Bonchev–Trinajstić information content (AvgIpc) is 2.89. The molecule has 2 aromatic rings. The fourth-order valence-corrected chi connectivity index (χ4v) is 1.63. The first-order valence-electron chi connectivity index (χ1n) is 5.52. The summed E-state index contributed by atoms with van der Waals surface area (Å²) in [4.78, 5) is 7.06. The molecule has 0 saturated heterocycles. The lowest BCUT2D eigenvalue weighted by Crippen LogP contribution is -2.21. The highest BCUT2D eigenvalue weighted by molar-refractivity contribution is 5.09. The smallest absolute Gasteiger partial charge is 0.120 e. The third-order valence-electron chi connectivity index (χ3n) is 2.59. The molecule has 4 heteroatoms. The average molecular weight is 219 g/mol. The van der Waals surface area contributed by atoms with Crippen LogP contribution in [0.3, 0.4) is 0 Å². The zero-order valence-electron chi connectivity index (χ0n) is 9.66. The maximum absolute atomic E-state index is 5.55. The quantitative estimate of drug-likeness (QED) is 0.810. The highest BCUT2D eigenvalue weighted by Crippen LogP contribution is 2.15. The minimum atomic E-state index is 0.247. The molecule has 2 N–H and O–H groups in total.